The largest absolute Gasteiger partial charge is 0.468 e. The van der Waals surface area contributed by atoms with Crippen LogP contribution in [0.3, 0.4) is 0 Å². The first-order valence-corrected chi connectivity index (χ1v) is 6.25. The summed E-state index contributed by atoms with van der Waals surface area (Å²) in [5.41, 5.74) is -0.0829. The minimum atomic E-state index is -0.853. The molecule has 1 aromatic rings. The van der Waals surface area contributed by atoms with Crippen LogP contribution >= 0.6 is 15.9 Å². The number of anilines is 1. The molecule has 0 radical (unpaired) electrons. The first kappa shape index (κ1) is 13.7. The number of rotatable bonds is 3. The Labute approximate surface area is 116 Å². The summed E-state index contributed by atoms with van der Waals surface area (Å²) in [5.74, 6) is -2.92. The van der Waals surface area contributed by atoms with Gasteiger partial charge in [0.1, 0.15) is 10.6 Å². The Morgan fingerprint density at radius 1 is 1.47 bits per heavy atom. The summed E-state index contributed by atoms with van der Waals surface area (Å²) in [6.07, 6.45) is 0. The van der Waals surface area contributed by atoms with Crippen LogP contribution in [0.1, 0.15) is 10.4 Å². The van der Waals surface area contributed by atoms with Gasteiger partial charge in [-0.05, 0) is 12.1 Å². The van der Waals surface area contributed by atoms with Crippen molar-refractivity contribution in [3.8, 4) is 0 Å². The van der Waals surface area contributed by atoms with Crippen molar-refractivity contribution in [2.75, 3.05) is 18.6 Å². The Balaban J connectivity index is 2.36. The van der Waals surface area contributed by atoms with Gasteiger partial charge in [-0.3, -0.25) is 14.4 Å². The van der Waals surface area contributed by atoms with E-state index in [0.29, 0.717) is 0 Å². The van der Waals surface area contributed by atoms with Gasteiger partial charge in [-0.25, -0.2) is 4.39 Å². The van der Waals surface area contributed by atoms with E-state index in [4.69, 9.17) is 0 Å². The van der Waals surface area contributed by atoms with Gasteiger partial charge in [-0.1, -0.05) is 22.0 Å². The number of Topliss-reactive ketones (excluding diaryl/α,β-unsaturated/α-hetero) is 1. The summed E-state index contributed by atoms with van der Waals surface area (Å²) >= 11 is 3.04. The molecular weight excluding hydrogens is 321 g/mol. The van der Waals surface area contributed by atoms with E-state index in [1.165, 1.54) is 19.2 Å². The molecule has 1 atom stereocenters. The van der Waals surface area contributed by atoms with Gasteiger partial charge >= 0.3 is 5.97 Å². The molecule has 0 aromatic heterocycles. The molecule has 0 spiro atoms. The topological polar surface area (TPSA) is 63.7 Å². The summed E-state index contributed by atoms with van der Waals surface area (Å²) in [6, 6.07) is 3.88. The van der Waals surface area contributed by atoms with E-state index >= 15 is 0 Å². The summed E-state index contributed by atoms with van der Waals surface area (Å²) < 4.78 is 18.2. The molecule has 0 bridgehead atoms. The zero-order chi connectivity index (χ0) is 14.2. The minimum Gasteiger partial charge on any atom is -0.468 e. The van der Waals surface area contributed by atoms with Crippen LogP contribution in [0.15, 0.2) is 18.2 Å². The number of para-hydroxylation sites is 1. The molecule has 1 aliphatic rings. The molecule has 0 aliphatic carbocycles. The molecular formula is C12H9BrFNO4. The van der Waals surface area contributed by atoms with Crippen LogP contribution in [-0.4, -0.2) is 36.1 Å². The smallest absolute Gasteiger partial charge is 0.321 e. The molecule has 1 unspecified atom stereocenters. The molecule has 0 saturated carbocycles. The van der Waals surface area contributed by atoms with Gasteiger partial charge in [-0.2, -0.15) is 0 Å². The van der Waals surface area contributed by atoms with Crippen LogP contribution in [0.5, 0.6) is 0 Å². The average Bonchev–Trinajstić information content (AvgIpc) is 2.64. The number of esters is 1. The maximum absolute atomic E-state index is 13.7. The molecule has 0 N–H and O–H groups in total. The summed E-state index contributed by atoms with van der Waals surface area (Å²) in [5, 5.41) is 0. The third-order valence-corrected chi connectivity index (χ3v) is 3.40. The van der Waals surface area contributed by atoms with Crippen molar-refractivity contribution in [1.82, 2.24) is 0 Å². The Bertz CT molecular complexity index is 575. The fraction of sp³-hybridized carbons (Fsp3) is 0.250. The van der Waals surface area contributed by atoms with Gasteiger partial charge < -0.3 is 9.64 Å². The summed E-state index contributed by atoms with van der Waals surface area (Å²) in [7, 11) is 1.20. The quantitative estimate of drug-likeness (QED) is 0.476. The molecule has 2 rings (SSSR count). The van der Waals surface area contributed by atoms with Crippen LogP contribution in [0.4, 0.5) is 10.1 Å². The molecule has 1 amide bonds. The van der Waals surface area contributed by atoms with Crippen molar-refractivity contribution in [3.63, 3.8) is 0 Å². The lowest BCUT2D eigenvalue weighted by Crippen LogP contribution is -2.38. The van der Waals surface area contributed by atoms with Gasteiger partial charge in [0.05, 0.1) is 18.4 Å². The number of carbonyl (C=O) groups excluding carboxylic acids is 3. The summed E-state index contributed by atoms with van der Waals surface area (Å²) in [6.45, 7) is -0.175. The number of hydrogen-bond acceptors (Lipinski definition) is 4. The second kappa shape index (κ2) is 5.08. The van der Waals surface area contributed by atoms with Crippen molar-refractivity contribution >= 4 is 39.3 Å². The number of fused-ring (bicyclic) bond motifs is 1. The lowest BCUT2D eigenvalue weighted by molar-refractivity contribution is -0.139. The fourth-order valence-electron chi connectivity index (χ4n) is 1.85. The first-order chi connectivity index (χ1) is 8.97. The SMILES string of the molecule is COC(=O)C(Br)CN1C(=O)C(=O)c2cccc(F)c21. The van der Waals surface area contributed by atoms with E-state index in [-0.39, 0.29) is 17.8 Å². The fourth-order valence-corrected chi connectivity index (χ4v) is 2.33. The van der Waals surface area contributed by atoms with E-state index in [2.05, 4.69) is 20.7 Å². The Morgan fingerprint density at radius 2 is 2.16 bits per heavy atom. The second-order valence-electron chi connectivity index (χ2n) is 3.87. The molecule has 0 saturated heterocycles. The molecule has 1 heterocycles. The maximum Gasteiger partial charge on any atom is 0.321 e. The number of ether oxygens (including phenoxy) is 1. The highest BCUT2D eigenvalue weighted by Gasteiger charge is 2.39. The van der Waals surface area contributed by atoms with Crippen molar-refractivity contribution < 1.29 is 23.5 Å². The minimum absolute atomic E-state index is 0.00886. The maximum atomic E-state index is 13.7. The number of alkyl halides is 1. The number of ketones is 1. The zero-order valence-electron chi connectivity index (χ0n) is 9.85. The predicted molar refractivity (Wildman–Crippen MR) is 67.8 cm³/mol. The normalized spacial score (nSPS) is 15.4. The number of nitrogens with zero attached hydrogens (tertiary/aromatic N) is 1. The number of carbonyl (C=O) groups is 3. The van der Waals surface area contributed by atoms with Crippen LogP contribution in [0.25, 0.3) is 0 Å². The number of halogens is 2. The van der Waals surface area contributed by atoms with Crippen LogP contribution in [0, 0.1) is 5.82 Å². The third kappa shape index (κ3) is 2.25. The van der Waals surface area contributed by atoms with Crippen LogP contribution < -0.4 is 4.90 Å². The first-order valence-electron chi connectivity index (χ1n) is 5.34. The molecule has 19 heavy (non-hydrogen) atoms. The number of methoxy groups -OCH3 is 1. The Kier molecular flexibility index (Phi) is 3.66. The van der Waals surface area contributed by atoms with Crippen molar-refractivity contribution in [3.05, 3.63) is 29.6 Å². The van der Waals surface area contributed by atoms with Gasteiger partial charge in [0.25, 0.3) is 11.7 Å². The zero-order valence-corrected chi connectivity index (χ0v) is 11.4. The number of benzene rings is 1. The third-order valence-electron chi connectivity index (χ3n) is 2.74. The van der Waals surface area contributed by atoms with E-state index in [1.54, 1.807) is 0 Å². The molecule has 100 valence electrons. The summed E-state index contributed by atoms with van der Waals surface area (Å²) in [4.78, 5) is 34.9. The van der Waals surface area contributed by atoms with E-state index < -0.39 is 28.3 Å². The van der Waals surface area contributed by atoms with Gasteiger partial charge in [-0.15, -0.1) is 0 Å². The van der Waals surface area contributed by atoms with E-state index in [9.17, 15) is 18.8 Å². The molecule has 1 aliphatic heterocycles. The number of hydrogen-bond donors (Lipinski definition) is 0. The lowest BCUT2D eigenvalue weighted by Gasteiger charge is -2.19. The van der Waals surface area contributed by atoms with Gasteiger partial charge in [0.2, 0.25) is 0 Å². The predicted octanol–water partition coefficient (Wildman–Crippen LogP) is 1.29. The monoisotopic (exact) mass is 329 g/mol. The van der Waals surface area contributed by atoms with Crippen LogP contribution in [-0.2, 0) is 14.3 Å². The van der Waals surface area contributed by atoms with E-state index in [1.807, 2.05) is 0 Å². The highest BCUT2D eigenvalue weighted by atomic mass is 79.9. The molecule has 0 fully saturated rings. The molecule has 1 aromatic carbocycles. The van der Waals surface area contributed by atoms with Crippen LogP contribution in [0.2, 0.25) is 0 Å². The Morgan fingerprint density at radius 3 is 2.79 bits per heavy atom. The van der Waals surface area contributed by atoms with Gasteiger partial charge in [0, 0.05) is 6.54 Å². The van der Waals surface area contributed by atoms with Crippen molar-refractivity contribution in [2.45, 2.75) is 4.83 Å². The molecule has 7 heteroatoms. The highest BCUT2D eigenvalue weighted by Crippen LogP contribution is 2.32. The highest BCUT2D eigenvalue weighted by molar-refractivity contribution is 9.10. The van der Waals surface area contributed by atoms with E-state index in [0.717, 1.165) is 11.0 Å². The molecule has 5 nitrogen and oxygen atoms in total. The number of amides is 1. The van der Waals surface area contributed by atoms with Gasteiger partial charge in [0.15, 0.2) is 0 Å². The standard InChI is InChI=1S/C12H9BrFNO4/c1-19-12(18)7(13)5-15-9-6(10(16)11(15)17)3-2-4-8(9)14/h2-4,7H,5H2,1H3. The Hall–Kier alpha value is -1.76. The van der Waals surface area contributed by atoms with Crippen molar-refractivity contribution in [1.29, 1.82) is 0 Å². The van der Waals surface area contributed by atoms with Crippen molar-refractivity contribution in [2.24, 2.45) is 0 Å². The lowest BCUT2D eigenvalue weighted by atomic mass is 10.1. The average molecular weight is 330 g/mol. The second-order valence-corrected chi connectivity index (χ2v) is 4.98.